The van der Waals surface area contributed by atoms with Crippen molar-refractivity contribution in [1.29, 1.82) is 0 Å². The van der Waals surface area contributed by atoms with E-state index in [1.165, 1.54) is 24.6 Å². The Bertz CT molecular complexity index is 1230. The summed E-state index contributed by atoms with van der Waals surface area (Å²) < 4.78 is 27.5. The van der Waals surface area contributed by atoms with E-state index in [0.29, 0.717) is 12.0 Å². The Morgan fingerprint density at radius 1 is 1.19 bits per heavy atom. The van der Waals surface area contributed by atoms with Gasteiger partial charge in [0, 0.05) is 30.8 Å². The summed E-state index contributed by atoms with van der Waals surface area (Å²) in [5, 5.41) is 24.9. The van der Waals surface area contributed by atoms with Gasteiger partial charge in [-0.2, -0.15) is 5.10 Å². The molecule has 6 nitrogen and oxygen atoms in total. The number of hydrogen-bond acceptors (Lipinski definition) is 4. The van der Waals surface area contributed by atoms with Crippen LogP contribution < -0.4 is 10.6 Å². The molecule has 2 unspecified atom stereocenters. The maximum Gasteiger partial charge on any atom is 0.217 e. The van der Waals surface area contributed by atoms with Crippen LogP contribution in [0.3, 0.4) is 0 Å². The lowest BCUT2D eigenvalue weighted by atomic mass is 9.74. The summed E-state index contributed by atoms with van der Waals surface area (Å²) in [6.07, 6.45) is 3.24. The molecule has 0 fully saturated rings. The predicted octanol–water partition coefficient (Wildman–Crippen LogP) is 4.07. The number of nitrogens with one attached hydrogen (secondary N) is 3. The van der Waals surface area contributed by atoms with Crippen LogP contribution >= 0.6 is 0 Å². The molecule has 1 aromatic heterocycles. The number of hydrogen-bond donors (Lipinski definition) is 4. The van der Waals surface area contributed by atoms with E-state index in [9.17, 15) is 18.7 Å². The van der Waals surface area contributed by atoms with E-state index < -0.39 is 29.3 Å². The average Bonchev–Trinajstić information content (AvgIpc) is 3.28. The summed E-state index contributed by atoms with van der Waals surface area (Å²) in [6.45, 7) is 8.07. The Labute approximate surface area is 216 Å². The fraction of sp³-hybridized carbons (Fsp3) is 0.448. The third kappa shape index (κ3) is 6.43. The van der Waals surface area contributed by atoms with Crippen LogP contribution in [0.25, 0.3) is 0 Å². The maximum absolute atomic E-state index is 13.8. The minimum absolute atomic E-state index is 0.0249. The molecule has 1 aliphatic carbocycles. The standard InChI is InChI=1S/C29H36F2N4O2/c1-18(36)34-26(12-19-10-23(30)14-24(31)11-19)27(37)17-32-29(9-8-25-20(15-29)16-33-35-25)22-7-5-6-21(13-22)28(2,3)4/h5-7,10-11,13-14,16,26-27,32,37H,8-9,12,15,17H2,1-4H3,(H,33,35)(H,34,36)/t26-,27?,29?/m0/s1. The molecule has 1 amide bonds. The highest BCUT2D eigenvalue weighted by molar-refractivity contribution is 5.73. The minimum atomic E-state index is -0.997. The van der Waals surface area contributed by atoms with Gasteiger partial charge in [-0.3, -0.25) is 9.89 Å². The topological polar surface area (TPSA) is 90.0 Å². The van der Waals surface area contributed by atoms with Gasteiger partial charge in [-0.15, -0.1) is 0 Å². The quantitative estimate of drug-likeness (QED) is 0.368. The molecule has 4 N–H and O–H groups in total. The minimum Gasteiger partial charge on any atom is -0.390 e. The lowest BCUT2D eigenvalue weighted by Gasteiger charge is -2.40. The molecule has 4 rings (SSSR count). The van der Waals surface area contributed by atoms with Gasteiger partial charge >= 0.3 is 0 Å². The van der Waals surface area contributed by atoms with Crippen molar-refractivity contribution >= 4 is 5.91 Å². The Kier molecular flexibility index (Phi) is 7.80. The van der Waals surface area contributed by atoms with Crippen molar-refractivity contribution in [3.8, 4) is 0 Å². The van der Waals surface area contributed by atoms with Crippen LogP contribution in [-0.4, -0.2) is 39.9 Å². The molecule has 2 aromatic carbocycles. The number of amides is 1. The van der Waals surface area contributed by atoms with Gasteiger partial charge in [-0.05, 0) is 65.5 Å². The number of aliphatic hydroxyl groups excluding tert-OH is 1. The first-order valence-corrected chi connectivity index (χ1v) is 12.7. The third-order valence-electron chi connectivity index (χ3n) is 7.26. The van der Waals surface area contributed by atoms with Crippen molar-refractivity contribution in [3.05, 3.63) is 88.2 Å². The Balaban J connectivity index is 1.60. The van der Waals surface area contributed by atoms with E-state index in [1.807, 2.05) is 6.20 Å². The van der Waals surface area contributed by atoms with Crippen LogP contribution in [0.15, 0.2) is 48.7 Å². The lowest BCUT2D eigenvalue weighted by molar-refractivity contribution is -0.120. The summed E-state index contributed by atoms with van der Waals surface area (Å²) >= 11 is 0. The number of carbonyl (C=O) groups excluding carboxylic acids is 1. The van der Waals surface area contributed by atoms with Crippen LogP contribution in [0.5, 0.6) is 0 Å². The maximum atomic E-state index is 13.8. The van der Waals surface area contributed by atoms with Crippen molar-refractivity contribution in [2.45, 2.75) is 76.5 Å². The number of rotatable bonds is 8. The monoisotopic (exact) mass is 510 g/mol. The number of aryl methyl sites for hydroxylation is 1. The number of carbonyl (C=O) groups is 1. The molecule has 0 bridgehead atoms. The molecule has 0 saturated carbocycles. The van der Waals surface area contributed by atoms with Crippen molar-refractivity contribution in [2.24, 2.45) is 0 Å². The summed E-state index contributed by atoms with van der Waals surface area (Å²) in [5.41, 5.74) is 4.48. The van der Waals surface area contributed by atoms with Crippen molar-refractivity contribution in [2.75, 3.05) is 6.54 Å². The highest BCUT2D eigenvalue weighted by Gasteiger charge is 2.38. The van der Waals surface area contributed by atoms with Crippen molar-refractivity contribution < 1.29 is 18.7 Å². The highest BCUT2D eigenvalue weighted by atomic mass is 19.1. The molecule has 0 radical (unpaired) electrons. The van der Waals surface area contributed by atoms with Crippen LogP contribution in [-0.2, 0) is 35.0 Å². The molecular formula is C29H36F2N4O2. The zero-order chi connectivity index (χ0) is 26.8. The molecule has 0 spiro atoms. The number of fused-ring (bicyclic) bond motifs is 1. The molecular weight excluding hydrogens is 474 g/mol. The molecule has 1 aliphatic rings. The van der Waals surface area contributed by atoms with Crippen LogP contribution in [0.1, 0.15) is 62.1 Å². The number of aliphatic hydroxyl groups is 1. The van der Waals surface area contributed by atoms with Gasteiger partial charge in [0.25, 0.3) is 0 Å². The van der Waals surface area contributed by atoms with E-state index in [-0.39, 0.29) is 24.3 Å². The molecule has 1 heterocycles. The highest BCUT2D eigenvalue weighted by Crippen LogP contribution is 2.37. The number of nitrogens with zero attached hydrogens (tertiary/aromatic N) is 1. The summed E-state index contributed by atoms with van der Waals surface area (Å²) in [7, 11) is 0. The normalized spacial score (nSPS) is 19.2. The Morgan fingerprint density at radius 2 is 1.92 bits per heavy atom. The van der Waals surface area contributed by atoms with E-state index in [2.05, 4.69) is 65.9 Å². The second-order valence-electron chi connectivity index (χ2n) is 11.2. The predicted molar refractivity (Wildman–Crippen MR) is 139 cm³/mol. The molecule has 8 heteroatoms. The SMILES string of the molecule is CC(=O)N[C@@H](Cc1cc(F)cc(F)c1)C(O)CNC1(c2cccc(C(C)(C)C)c2)CCc2[nH]ncc2C1. The second-order valence-corrected chi connectivity index (χ2v) is 11.2. The van der Waals surface area contributed by atoms with E-state index >= 15 is 0 Å². The first kappa shape index (κ1) is 26.9. The van der Waals surface area contributed by atoms with Crippen molar-refractivity contribution in [1.82, 2.24) is 20.8 Å². The first-order chi connectivity index (χ1) is 17.4. The first-order valence-electron chi connectivity index (χ1n) is 12.7. The molecule has 3 atom stereocenters. The van der Waals surface area contributed by atoms with E-state index in [4.69, 9.17) is 0 Å². The van der Waals surface area contributed by atoms with Crippen LogP contribution in [0.4, 0.5) is 8.78 Å². The number of halogens is 2. The lowest BCUT2D eigenvalue weighted by Crippen LogP contribution is -2.54. The van der Waals surface area contributed by atoms with Gasteiger partial charge in [-0.25, -0.2) is 8.78 Å². The molecule has 37 heavy (non-hydrogen) atoms. The van der Waals surface area contributed by atoms with Crippen LogP contribution in [0.2, 0.25) is 0 Å². The fourth-order valence-corrected chi connectivity index (χ4v) is 5.21. The Morgan fingerprint density at radius 3 is 2.59 bits per heavy atom. The van der Waals surface area contributed by atoms with Gasteiger partial charge in [0.15, 0.2) is 0 Å². The fourth-order valence-electron chi connectivity index (χ4n) is 5.21. The van der Waals surface area contributed by atoms with E-state index in [0.717, 1.165) is 35.7 Å². The largest absolute Gasteiger partial charge is 0.390 e. The number of benzene rings is 2. The zero-order valence-corrected chi connectivity index (χ0v) is 21.9. The molecule has 198 valence electrons. The van der Waals surface area contributed by atoms with Gasteiger partial charge in [0.2, 0.25) is 5.91 Å². The number of H-pyrrole nitrogens is 1. The van der Waals surface area contributed by atoms with E-state index in [1.54, 1.807) is 0 Å². The van der Waals surface area contributed by atoms with Gasteiger partial charge in [0.1, 0.15) is 11.6 Å². The van der Waals surface area contributed by atoms with Gasteiger partial charge < -0.3 is 15.7 Å². The van der Waals surface area contributed by atoms with Gasteiger partial charge in [-0.1, -0.05) is 45.0 Å². The summed E-state index contributed by atoms with van der Waals surface area (Å²) in [5.74, 6) is -1.71. The zero-order valence-electron chi connectivity index (χ0n) is 21.9. The molecule has 3 aromatic rings. The molecule has 0 aliphatic heterocycles. The Hall–Kier alpha value is -3.10. The smallest absolute Gasteiger partial charge is 0.217 e. The third-order valence-corrected chi connectivity index (χ3v) is 7.26. The number of aromatic nitrogens is 2. The number of aromatic amines is 1. The summed E-state index contributed by atoms with van der Waals surface area (Å²) in [6, 6.07) is 11.1. The van der Waals surface area contributed by atoms with Crippen LogP contribution in [0, 0.1) is 11.6 Å². The summed E-state index contributed by atoms with van der Waals surface area (Å²) in [4.78, 5) is 11.9. The average molecular weight is 511 g/mol. The van der Waals surface area contributed by atoms with Crippen molar-refractivity contribution in [3.63, 3.8) is 0 Å². The molecule has 0 saturated heterocycles. The van der Waals surface area contributed by atoms with Gasteiger partial charge in [0.05, 0.1) is 18.3 Å². The second kappa shape index (κ2) is 10.7.